The van der Waals surface area contributed by atoms with E-state index in [1.165, 1.54) is 10.4 Å². The number of rotatable bonds is 4. The normalized spacial score (nSPS) is 11.6. The number of anilines is 1. The van der Waals surface area contributed by atoms with Crippen LogP contribution in [0.5, 0.6) is 0 Å². The monoisotopic (exact) mass is 359 g/mol. The lowest BCUT2D eigenvalue weighted by atomic mass is 10.1. The van der Waals surface area contributed by atoms with E-state index in [2.05, 4.69) is 0 Å². The lowest BCUT2D eigenvalue weighted by molar-refractivity contribution is 0.592. The summed E-state index contributed by atoms with van der Waals surface area (Å²) in [5, 5.41) is 2.36. The van der Waals surface area contributed by atoms with Crippen molar-refractivity contribution in [1.82, 2.24) is 0 Å². The van der Waals surface area contributed by atoms with E-state index in [9.17, 15) is 8.42 Å². The molecule has 0 N–H and O–H groups in total. The van der Waals surface area contributed by atoms with Crippen LogP contribution in [0.25, 0.3) is 10.8 Å². The molecule has 3 aromatic carbocycles. The number of hydrogen-bond donors (Lipinski definition) is 0. The van der Waals surface area contributed by atoms with Crippen molar-refractivity contribution in [2.45, 2.75) is 18.7 Å². The molecular formula is C19H18ClNO2S. The van der Waals surface area contributed by atoms with Gasteiger partial charge in [-0.25, -0.2) is 8.42 Å². The summed E-state index contributed by atoms with van der Waals surface area (Å²) in [5.74, 6) is 0. The molecule has 0 fully saturated rings. The lowest BCUT2D eigenvalue weighted by Crippen LogP contribution is -2.31. The number of halogens is 1. The van der Waals surface area contributed by atoms with Gasteiger partial charge in [0.25, 0.3) is 10.0 Å². The minimum atomic E-state index is -3.69. The predicted molar refractivity (Wildman–Crippen MR) is 100 cm³/mol. The van der Waals surface area contributed by atoms with E-state index in [0.29, 0.717) is 17.3 Å². The van der Waals surface area contributed by atoms with Crippen molar-refractivity contribution in [1.29, 1.82) is 0 Å². The Hall–Kier alpha value is -2.04. The largest absolute Gasteiger partial charge is 0.266 e. The average molecular weight is 360 g/mol. The Morgan fingerprint density at radius 2 is 1.71 bits per heavy atom. The lowest BCUT2D eigenvalue weighted by Gasteiger charge is -2.24. The molecule has 0 atom stereocenters. The Balaban J connectivity index is 2.18. The third-order valence-electron chi connectivity index (χ3n) is 4.05. The van der Waals surface area contributed by atoms with E-state index >= 15 is 0 Å². The summed E-state index contributed by atoms with van der Waals surface area (Å²) >= 11 is 6.13. The van der Waals surface area contributed by atoms with Crippen LogP contribution in [-0.4, -0.2) is 15.0 Å². The summed E-state index contributed by atoms with van der Waals surface area (Å²) in [5.41, 5.74) is 1.52. The molecule has 0 amide bonds. The third-order valence-corrected chi connectivity index (χ3v) is 6.35. The highest BCUT2D eigenvalue weighted by molar-refractivity contribution is 7.92. The van der Waals surface area contributed by atoms with E-state index in [4.69, 9.17) is 11.6 Å². The maximum atomic E-state index is 13.1. The Morgan fingerprint density at radius 1 is 1.00 bits per heavy atom. The summed E-state index contributed by atoms with van der Waals surface area (Å²) in [6.45, 7) is 4.01. The molecular weight excluding hydrogens is 342 g/mol. The van der Waals surface area contributed by atoms with E-state index in [1.54, 1.807) is 12.1 Å². The molecule has 0 unspecified atom stereocenters. The second kappa shape index (κ2) is 6.46. The zero-order valence-corrected chi connectivity index (χ0v) is 15.1. The first kappa shape index (κ1) is 16.8. The van der Waals surface area contributed by atoms with E-state index in [1.807, 2.05) is 56.3 Å². The Morgan fingerprint density at radius 3 is 2.42 bits per heavy atom. The fourth-order valence-corrected chi connectivity index (χ4v) is 4.52. The fourth-order valence-electron chi connectivity index (χ4n) is 2.76. The SMILES string of the molecule is CCN(c1cccc2ccccc12)S(=O)(=O)c1ccc(C)c(Cl)c1. The summed E-state index contributed by atoms with van der Waals surface area (Å²) in [4.78, 5) is 0.202. The van der Waals surface area contributed by atoms with Gasteiger partial charge in [0, 0.05) is 17.0 Å². The summed E-state index contributed by atoms with van der Waals surface area (Å²) in [7, 11) is -3.69. The van der Waals surface area contributed by atoms with Crippen LogP contribution in [0, 0.1) is 6.92 Å². The molecule has 0 heterocycles. The summed E-state index contributed by atoms with van der Waals surface area (Å²) in [6.07, 6.45) is 0. The topological polar surface area (TPSA) is 37.4 Å². The molecule has 3 rings (SSSR count). The second-order valence-corrected chi connectivity index (χ2v) is 7.85. The van der Waals surface area contributed by atoms with Crippen molar-refractivity contribution >= 4 is 38.1 Å². The van der Waals surface area contributed by atoms with Gasteiger partial charge in [0.15, 0.2) is 0 Å². The molecule has 3 aromatic rings. The Labute approximate surface area is 147 Å². The van der Waals surface area contributed by atoms with Gasteiger partial charge in [0.1, 0.15) is 0 Å². The highest BCUT2D eigenvalue weighted by Crippen LogP contribution is 2.31. The molecule has 0 saturated carbocycles. The zero-order valence-electron chi connectivity index (χ0n) is 13.5. The van der Waals surface area contributed by atoms with Crippen LogP contribution >= 0.6 is 11.6 Å². The quantitative estimate of drug-likeness (QED) is 0.656. The van der Waals surface area contributed by atoms with Crippen LogP contribution in [0.1, 0.15) is 12.5 Å². The molecule has 0 saturated heterocycles. The molecule has 0 aliphatic heterocycles. The first-order valence-electron chi connectivity index (χ1n) is 7.72. The van der Waals surface area contributed by atoms with Crippen molar-refractivity contribution < 1.29 is 8.42 Å². The van der Waals surface area contributed by atoms with Crippen LogP contribution in [-0.2, 0) is 10.0 Å². The van der Waals surface area contributed by atoms with Gasteiger partial charge in [-0.05, 0) is 43.0 Å². The molecule has 0 spiro atoms. The number of nitrogens with zero attached hydrogens (tertiary/aromatic N) is 1. The van der Waals surface area contributed by atoms with Gasteiger partial charge >= 0.3 is 0 Å². The fraction of sp³-hybridized carbons (Fsp3) is 0.158. The molecule has 5 heteroatoms. The van der Waals surface area contributed by atoms with Crippen molar-refractivity contribution in [3.63, 3.8) is 0 Å². The number of sulfonamides is 1. The molecule has 0 aromatic heterocycles. The van der Waals surface area contributed by atoms with Gasteiger partial charge in [-0.15, -0.1) is 0 Å². The number of hydrogen-bond acceptors (Lipinski definition) is 2. The minimum absolute atomic E-state index is 0.202. The van der Waals surface area contributed by atoms with Gasteiger partial charge in [-0.2, -0.15) is 0 Å². The Kier molecular flexibility index (Phi) is 4.52. The summed E-state index contributed by atoms with van der Waals surface area (Å²) < 4.78 is 27.7. The Bertz CT molecular complexity index is 994. The molecule has 0 aliphatic carbocycles. The van der Waals surface area contributed by atoms with E-state index in [-0.39, 0.29) is 4.90 Å². The highest BCUT2D eigenvalue weighted by Gasteiger charge is 2.25. The van der Waals surface area contributed by atoms with Crippen molar-refractivity contribution in [3.8, 4) is 0 Å². The second-order valence-electron chi connectivity index (χ2n) is 5.58. The summed E-state index contributed by atoms with van der Waals surface area (Å²) in [6, 6.07) is 18.3. The number of aryl methyl sites for hydroxylation is 1. The number of benzene rings is 3. The van der Waals surface area contributed by atoms with Crippen LogP contribution in [0.2, 0.25) is 5.02 Å². The third kappa shape index (κ3) is 2.87. The van der Waals surface area contributed by atoms with Gasteiger partial charge in [-0.3, -0.25) is 4.31 Å². The molecule has 124 valence electrons. The molecule has 0 radical (unpaired) electrons. The van der Waals surface area contributed by atoms with Crippen LogP contribution in [0.4, 0.5) is 5.69 Å². The van der Waals surface area contributed by atoms with Gasteiger partial charge in [0.2, 0.25) is 0 Å². The zero-order chi connectivity index (χ0) is 17.3. The van der Waals surface area contributed by atoms with Crippen molar-refractivity contribution in [2.24, 2.45) is 0 Å². The van der Waals surface area contributed by atoms with Gasteiger partial charge in [-0.1, -0.05) is 54.1 Å². The van der Waals surface area contributed by atoms with Crippen molar-refractivity contribution in [2.75, 3.05) is 10.8 Å². The maximum Gasteiger partial charge on any atom is 0.264 e. The smallest absolute Gasteiger partial charge is 0.264 e. The van der Waals surface area contributed by atoms with Crippen molar-refractivity contribution in [3.05, 3.63) is 71.2 Å². The average Bonchev–Trinajstić information content (AvgIpc) is 2.58. The van der Waals surface area contributed by atoms with Gasteiger partial charge < -0.3 is 0 Å². The van der Waals surface area contributed by atoms with E-state index < -0.39 is 10.0 Å². The molecule has 0 aliphatic rings. The molecule has 3 nitrogen and oxygen atoms in total. The highest BCUT2D eigenvalue weighted by atomic mass is 35.5. The molecule has 24 heavy (non-hydrogen) atoms. The first-order valence-corrected chi connectivity index (χ1v) is 9.53. The van der Waals surface area contributed by atoms with Crippen LogP contribution < -0.4 is 4.31 Å². The standard InChI is InChI=1S/C19H18ClNO2S/c1-3-21(19-10-6-8-15-7-4-5-9-17(15)19)24(22,23)16-12-11-14(2)18(20)13-16/h4-13H,3H2,1-2H3. The predicted octanol–water partition coefficient (Wildman–Crippen LogP) is 5.02. The maximum absolute atomic E-state index is 13.1. The minimum Gasteiger partial charge on any atom is -0.266 e. The number of fused-ring (bicyclic) bond motifs is 1. The van der Waals surface area contributed by atoms with Crippen LogP contribution in [0.3, 0.4) is 0 Å². The van der Waals surface area contributed by atoms with Gasteiger partial charge in [0.05, 0.1) is 10.6 Å². The van der Waals surface area contributed by atoms with E-state index in [0.717, 1.165) is 16.3 Å². The first-order chi connectivity index (χ1) is 11.4. The van der Waals surface area contributed by atoms with Crippen LogP contribution in [0.15, 0.2) is 65.6 Å². The molecule has 0 bridgehead atoms.